The van der Waals surface area contributed by atoms with Gasteiger partial charge in [0.15, 0.2) is 0 Å². The van der Waals surface area contributed by atoms with E-state index in [1.54, 1.807) is 0 Å². The Hall–Kier alpha value is -1.06. The average Bonchev–Trinajstić information content (AvgIpc) is 2.44. The Morgan fingerprint density at radius 2 is 2.10 bits per heavy atom. The van der Waals surface area contributed by atoms with Crippen molar-refractivity contribution in [2.45, 2.75) is 51.7 Å². The minimum Gasteiger partial charge on any atom is -0.493 e. The molecule has 0 saturated heterocycles. The van der Waals surface area contributed by atoms with Crippen molar-refractivity contribution in [2.24, 2.45) is 5.92 Å². The summed E-state index contributed by atoms with van der Waals surface area (Å²) >= 11 is 0. The van der Waals surface area contributed by atoms with Crippen molar-refractivity contribution in [3.05, 3.63) is 29.8 Å². The molecule has 20 heavy (non-hydrogen) atoms. The third kappa shape index (κ3) is 3.53. The van der Waals surface area contributed by atoms with E-state index in [4.69, 9.17) is 9.47 Å². The summed E-state index contributed by atoms with van der Waals surface area (Å²) in [6.07, 6.45) is 1.19. The Balaban J connectivity index is 2.06. The van der Waals surface area contributed by atoms with E-state index in [9.17, 15) is 5.11 Å². The SMILES string of the molecule is CCOC(C(C)C)C(O)CC1CCOc2ccccc21. The van der Waals surface area contributed by atoms with Crippen LogP contribution in [-0.4, -0.2) is 30.5 Å². The lowest BCUT2D eigenvalue weighted by Gasteiger charge is -2.31. The minimum absolute atomic E-state index is 0.0880. The predicted octanol–water partition coefficient (Wildman–Crippen LogP) is 3.36. The highest BCUT2D eigenvalue weighted by Crippen LogP contribution is 2.37. The lowest BCUT2D eigenvalue weighted by atomic mass is 9.85. The van der Waals surface area contributed by atoms with Gasteiger partial charge in [-0.3, -0.25) is 0 Å². The van der Waals surface area contributed by atoms with Crippen LogP contribution in [0.15, 0.2) is 24.3 Å². The van der Waals surface area contributed by atoms with E-state index in [1.807, 2.05) is 25.1 Å². The molecule has 3 unspecified atom stereocenters. The molecule has 0 aromatic heterocycles. The summed E-state index contributed by atoms with van der Waals surface area (Å²) in [5.74, 6) is 1.64. The van der Waals surface area contributed by atoms with Gasteiger partial charge in [-0.1, -0.05) is 32.0 Å². The van der Waals surface area contributed by atoms with Gasteiger partial charge in [-0.2, -0.15) is 0 Å². The van der Waals surface area contributed by atoms with Crippen molar-refractivity contribution >= 4 is 0 Å². The van der Waals surface area contributed by atoms with Gasteiger partial charge in [0.1, 0.15) is 5.75 Å². The number of hydrogen-bond donors (Lipinski definition) is 1. The molecule has 1 heterocycles. The monoisotopic (exact) mass is 278 g/mol. The standard InChI is InChI=1S/C17H26O3/c1-4-19-17(12(2)3)15(18)11-13-9-10-20-16-8-6-5-7-14(13)16/h5-8,12-13,15,17-18H,4,9-11H2,1-3H3. The zero-order chi connectivity index (χ0) is 14.5. The number of hydrogen-bond acceptors (Lipinski definition) is 3. The van der Waals surface area contributed by atoms with Gasteiger partial charge in [-0.25, -0.2) is 0 Å². The quantitative estimate of drug-likeness (QED) is 0.867. The third-order valence-electron chi connectivity index (χ3n) is 4.00. The Kier molecular flexibility index (Phi) is 5.44. The molecule has 0 bridgehead atoms. The van der Waals surface area contributed by atoms with Gasteiger partial charge >= 0.3 is 0 Å². The first kappa shape index (κ1) is 15.3. The molecule has 0 radical (unpaired) electrons. The fourth-order valence-electron chi connectivity index (χ4n) is 3.03. The van der Waals surface area contributed by atoms with Gasteiger partial charge in [0.25, 0.3) is 0 Å². The Morgan fingerprint density at radius 1 is 1.35 bits per heavy atom. The van der Waals surface area contributed by atoms with Crippen molar-refractivity contribution in [3.63, 3.8) is 0 Å². The van der Waals surface area contributed by atoms with Crippen LogP contribution in [0.5, 0.6) is 5.75 Å². The summed E-state index contributed by atoms with van der Waals surface area (Å²) in [6.45, 7) is 7.55. The molecule has 1 aromatic rings. The number of rotatable bonds is 6. The van der Waals surface area contributed by atoms with Crippen LogP contribution < -0.4 is 4.74 Å². The summed E-state index contributed by atoms with van der Waals surface area (Å²) in [6, 6.07) is 8.15. The van der Waals surface area contributed by atoms with E-state index in [0.29, 0.717) is 18.4 Å². The normalized spacial score (nSPS) is 21.1. The highest BCUT2D eigenvalue weighted by atomic mass is 16.5. The molecule has 0 spiro atoms. The zero-order valence-corrected chi connectivity index (χ0v) is 12.7. The number of benzene rings is 1. The van der Waals surface area contributed by atoms with E-state index < -0.39 is 6.10 Å². The average molecular weight is 278 g/mol. The molecule has 0 amide bonds. The highest BCUT2D eigenvalue weighted by Gasteiger charge is 2.29. The fourth-order valence-corrected chi connectivity index (χ4v) is 3.03. The van der Waals surface area contributed by atoms with Gasteiger partial charge in [0.2, 0.25) is 0 Å². The molecule has 0 aliphatic carbocycles. The van der Waals surface area contributed by atoms with Crippen LogP contribution in [0.1, 0.15) is 45.1 Å². The van der Waals surface area contributed by atoms with Crippen molar-refractivity contribution in [3.8, 4) is 5.75 Å². The summed E-state index contributed by atoms with van der Waals surface area (Å²) < 4.78 is 11.4. The van der Waals surface area contributed by atoms with E-state index in [1.165, 1.54) is 5.56 Å². The summed E-state index contributed by atoms with van der Waals surface area (Å²) in [4.78, 5) is 0. The first-order chi connectivity index (χ1) is 9.63. The van der Waals surface area contributed by atoms with Crippen LogP contribution in [0.2, 0.25) is 0 Å². The number of fused-ring (bicyclic) bond motifs is 1. The molecule has 1 N–H and O–H groups in total. The highest BCUT2D eigenvalue weighted by molar-refractivity contribution is 5.37. The second kappa shape index (κ2) is 7.09. The second-order valence-corrected chi connectivity index (χ2v) is 5.84. The first-order valence-corrected chi connectivity index (χ1v) is 7.64. The summed E-state index contributed by atoms with van der Waals surface area (Å²) in [5.41, 5.74) is 1.22. The Morgan fingerprint density at radius 3 is 2.80 bits per heavy atom. The molecule has 3 heteroatoms. The number of aliphatic hydroxyl groups is 1. The van der Waals surface area contributed by atoms with Gasteiger partial charge in [0, 0.05) is 6.61 Å². The zero-order valence-electron chi connectivity index (χ0n) is 12.7. The smallest absolute Gasteiger partial charge is 0.122 e. The Labute approximate surface area is 121 Å². The maximum absolute atomic E-state index is 10.5. The van der Waals surface area contributed by atoms with Crippen molar-refractivity contribution in [1.29, 1.82) is 0 Å². The van der Waals surface area contributed by atoms with Crippen LogP contribution in [0, 0.1) is 5.92 Å². The van der Waals surface area contributed by atoms with Gasteiger partial charge in [-0.05, 0) is 43.2 Å². The number of para-hydroxylation sites is 1. The van der Waals surface area contributed by atoms with Crippen LogP contribution in [0.25, 0.3) is 0 Å². The topological polar surface area (TPSA) is 38.7 Å². The van der Waals surface area contributed by atoms with Gasteiger partial charge in [0.05, 0.1) is 18.8 Å². The molecule has 1 aliphatic heterocycles. The second-order valence-electron chi connectivity index (χ2n) is 5.84. The van der Waals surface area contributed by atoms with Crippen molar-refractivity contribution < 1.29 is 14.6 Å². The van der Waals surface area contributed by atoms with Gasteiger partial charge in [-0.15, -0.1) is 0 Å². The maximum atomic E-state index is 10.5. The molecule has 0 saturated carbocycles. The molecule has 1 aliphatic rings. The van der Waals surface area contributed by atoms with E-state index in [0.717, 1.165) is 25.2 Å². The van der Waals surface area contributed by atoms with E-state index in [2.05, 4.69) is 19.9 Å². The van der Waals surface area contributed by atoms with Crippen LogP contribution in [-0.2, 0) is 4.74 Å². The molecule has 3 atom stereocenters. The third-order valence-corrected chi connectivity index (χ3v) is 4.00. The number of ether oxygens (including phenoxy) is 2. The van der Waals surface area contributed by atoms with Crippen molar-refractivity contribution in [1.82, 2.24) is 0 Å². The molecule has 2 rings (SSSR count). The van der Waals surface area contributed by atoms with Crippen LogP contribution in [0.4, 0.5) is 0 Å². The molecular formula is C17H26O3. The molecule has 112 valence electrons. The fraction of sp³-hybridized carbons (Fsp3) is 0.647. The molecule has 1 aromatic carbocycles. The molecular weight excluding hydrogens is 252 g/mol. The van der Waals surface area contributed by atoms with E-state index >= 15 is 0 Å². The van der Waals surface area contributed by atoms with Crippen molar-refractivity contribution in [2.75, 3.05) is 13.2 Å². The maximum Gasteiger partial charge on any atom is 0.122 e. The van der Waals surface area contributed by atoms with E-state index in [-0.39, 0.29) is 6.10 Å². The lowest BCUT2D eigenvalue weighted by Crippen LogP contribution is -2.35. The lowest BCUT2D eigenvalue weighted by molar-refractivity contribution is -0.0628. The largest absolute Gasteiger partial charge is 0.493 e. The van der Waals surface area contributed by atoms with Crippen LogP contribution >= 0.6 is 0 Å². The predicted molar refractivity (Wildman–Crippen MR) is 80.2 cm³/mol. The molecule has 3 nitrogen and oxygen atoms in total. The minimum atomic E-state index is -0.425. The summed E-state index contributed by atoms with van der Waals surface area (Å²) in [7, 11) is 0. The number of aliphatic hydroxyl groups excluding tert-OH is 1. The van der Waals surface area contributed by atoms with Gasteiger partial charge < -0.3 is 14.6 Å². The molecule has 0 fully saturated rings. The summed E-state index contributed by atoms with van der Waals surface area (Å²) in [5, 5.41) is 10.5. The Bertz CT molecular complexity index is 416. The van der Waals surface area contributed by atoms with Crippen LogP contribution in [0.3, 0.4) is 0 Å². The first-order valence-electron chi connectivity index (χ1n) is 7.64.